The van der Waals surface area contributed by atoms with Gasteiger partial charge in [-0.1, -0.05) is 13.8 Å². The molecule has 0 aromatic rings. The SMILES string of the molecule is CCC(C)(N)C(=O)N1CC(C)CCC1C. The molecule has 3 unspecified atom stereocenters. The Labute approximate surface area is 93.0 Å². The largest absolute Gasteiger partial charge is 0.338 e. The van der Waals surface area contributed by atoms with Crippen molar-refractivity contribution in [3.8, 4) is 0 Å². The van der Waals surface area contributed by atoms with Gasteiger partial charge >= 0.3 is 0 Å². The van der Waals surface area contributed by atoms with Crippen molar-refractivity contribution in [1.82, 2.24) is 4.90 Å². The molecule has 3 nitrogen and oxygen atoms in total. The van der Waals surface area contributed by atoms with E-state index in [9.17, 15) is 4.79 Å². The molecule has 0 aromatic heterocycles. The van der Waals surface area contributed by atoms with Crippen LogP contribution in [0.15, 0.2) is 0 Å². The number of rotatable bonds is 2. The van der Waals surface area contributed by atoms with E-state index in [1.807, 2.05) is 18.7 Å². The molecular weight excluding hydrogens is 188 g/mol. The summed E-state index contributed by atoms with van der Waals surface area (Å²) in [4.78, 5) is 14.2. The molecule has 88 valence electrons. The van der Waals surface area contributed by atoms with Crippen LogP contribution >= 0.6 is 0 Å². The van der Waals surface area contributed by atoms with Crippen molar-refractivity contribution in [2.75, 3.05) is 6.54 Å². The Balaban J connectivity index is 2.73. The maximum Gasteiger partial charge on any atom is 0.242 e. The van der Waals surface area contributed by atoms with Crippen molar-refractivity contribution in [3.05, 3.63) is 0 Å². The van der Waals surface area contributed by atoms with Crippen molar-refractivity contribution < 1.29 is 4.79 Å². The van der Waals surface area contributed by atoms with Gasteiger partial charge in [-0.3, -0.25) is 4.79 Å². The number of hydrogen-bond donors (Lipinski definition) is 1. The number of carbonyl (C=O) groups is 1. The monoisotopic (exact) mass is 212 g/mol. The minimum absolute atomic E-state index is 0.115. The van der Waals surface area contributed by atoms with Gasteiger partial charge in [-0.2, -0.15) is 0 Å². The van der Waals surface area contributed by atoms with Gasteiger partial charge in [-0.25, -0.2) is 0 Å². The molecule has 1 aliphatic rings. The van der Waals surface area contributed by atoms with Gasteiger partial charge in [0.2, 0.25) is 5.91 Å². The quantitative estimate of drug-likeness (QED) is 0.758. The third-order valence-electron chi connectivity index (χ3n) is 3.60. The molecule has 2 N–H and O–H groups in total. The van der Waals surface area contributed by atoms with Crippen molar-refractivity contribution in [3.63, 3.8) is 0 Å². The first-order valence-electron chi connectivity index (χ1n) is 5.98. The number of likely N-dealkylation sites (tertiary alicyclic amines) is 1. The first-order chi connectivity index (χ1) is 6.88. The number of hydrogen-bond acceptors (Lipinski definition) is 2. The molecule has 0 radical (unpaired) electrons. The molecule has 1 amide bonds. The van der Waals surface area contributed by atoms with Gasteiger partial charge < -0.3 is 10.6 Å². The molecule has 0 spiro atoms. The minimum atomic E-state index is -0.689. The van der Waals surface area contributed by atoms with Gasteiger partial charge in [-0.05, 0) is 39.0 Å². The summed E-state index contributed by atoms with van der Waals surface area (Å²) in [5, 5.41) is 0. The van der Waals surface area contributed by atoms with Crippen LogP contribution in [0, 0.1) is 5.92 Å². The molecule has 1 aliphatic heterocycles. The van der Waals surface area contributed by atoms with E-state index in [-0.39, 0.29) is 5.91 Å². The van der Waals surface area contributed by atoms with E-state index in [0.717, 1.165) is 13.0 Å². The van der Waals surface area contributed by atoms with Gasteiger partial charge in [0.1, 0.15) is 0 Å². The summed E-state index contributed by atoms with van der Waals surface area (Å²) < 4.78 is 0. The Morgan fingerprint density at radius 1 is 1.47 bits per heavy atom. The second-order valence-corrected chi connectivity index (χ2v) is 5.26. The second kappa shape index (κ2) is 4.52. The summed E-state index contributed by atoms with van der Waals surface area (Å²) in [7, 11) is 0. The number of nitrogens with zero attached hydrogens (tertiary/aromatic N) is 1. The molecular formula is C12H24N2O. The van der Waals surface area contributed by atoms with E-state index in [4.69, 9.17) is 5.73 Å². The van der Waals surface area contributed by atoms with E-state index in [2.05, 4.69) is 13.8 Å². The molecule has 0 aliphatic carbocycles. The van der Waals surface area contributed by atoms with Gasteiger partial charge in [0.05, 0.1) is 5.54 Å². The maximum absolute atomic E-state index is 12.2. The van der Waals surface area contributed by atoms with Gasteiger partial charge in [-0.15, -0.1) is 0 Å². The normalized spacial score (nSPS) is 31.1. The van der Waals surface area contributed by atoms with Crippen LogP contribution in [-0.2, 0) is 4.79 Å². The summed E-state index contributed by atoms with van der Waals surface area (Å²) in [6.45, 7) is 8.99. The molecule has 0 aromatic carbocycles. The average molecular weight is 212 g/mol. The molecule has 15 heavy (non-hydrogen) atoms. The highest BCUT2D eigenvalue weighted by Crippen LogP contribution is 2.24. The van der Waals surface area contributed by atoms with Crippen LogP contribution in [0.3, 0.4) is 0 Å². The van der Waals surface area contributed by atoms with E-state index >= 15 is 0 Å². The summed E-state index contributed by atoms with van der Waals surface area (Å²) in [6, 6.07) is 0.350. The number of amides is 1. The third kappa shape index (κ3) is 2.71. The predicted octanol–water partition coefficient (Wildman–Crippen LogP) is 1.76. The standard InChI is InChI=1S/C12H24N2O/c1-5-12(4,13)11(15)14-8-9(2)6-7-10(14)3/h9-10H,5-8,13H2,1-4H3. The fraction of sp³-hybridized carbons (Fsp3) is 0.917. The van der Waals surface area contributed by atoms with E-state index < -0.39 is 5.54 Å². The zero-order valence-corrected chi connectivity index (χ0v) is 10.4. The molecule has 1 saturated heterocycles. The fourth-order valence-electron chi connectivity index (χ4n) is 2.05. The Bertz CT molecular complexity index is 238. The molecule has 0 saturated carbocycles. The number of piperidine rings is 1. The predicted molar refractivity (Wildman–Crippen MR) is 62.5 cm³/mol. The van der Waals surface area contributed by atoms with Crippen molar-refractivity contribution in [1.29, 1.82) is 0 Å². The molecule has 1 rings (SSSR count). The Kier molecular flexibility index (Phi) is 3.77. The topological polar surface area (TPSA) is 46.3 Å². The Morgan fingerprint density at radius 2 is 2.07 bits per heavy atom. The van der Waals surface area contributed by atoms with Gasteiger partial charge in [0.25, 0.3) is 0 Å². The highest BCUT2D eigenvalue weighted by molar-refractivity contribution is 5.86. The third-order valence-corrected chi connectivity index (χ3v) is 3.60. The summed E-state index contributed by atoms with van der Waals surface area (Å²) >= 11 is 0. The second-order valence-electron chi connectivity index (χ2n) is 5.26. The van der Waals surface area contributed by atoms with Crippen LogP contribution in [0.1, 0.15) is 47.0 Å². The van der Waals surface area contributed by atoms with Crippen LogP contribution in [0.25, 0.3) is 0 Å². The lowest BCUT2D eigenvalue weighted by Gasteiger charge is -2.40. The average Bonchev–Trinajstić information content (AvgIpc) is 2.20. The maximum atomic E-state index is 12.2. The van der Waals surface area contributed by atoms with Crippen LogP contribution in [0.5, 0.6) is 0 Å². The van der Waals surface area contributed by atoms with Crippen molar-refractivity contribution in [2.45, 2.75) is 58.5 Å². The first kappa shape index (κ1) is 12.5. The van der Waals surface area contributed by atoms with Crippen LogP contribution in [0.2, 0.25) is 0 Å². The summed E-state index contributed by atoms with van der Waals surface area (Å²) in [6.07, 6.45) is 3.02. The lowest BCUT2D eigenvalue weighted by Crippen LogP contribution is -2.57. The minimum Gasteiger partial charge on any atom is -0.338 e. The van der Waals surface area contributed by atoms with Crippen molar-refractivity contribution >= 4 is 5.91 Å². The van der Waals surface area contributed by atoms with Gasteiger partial charge in [0.15, 0.2) is 0 Å². The molecule has 3 atom stereocenters. The number of nitrogens with two attached hydrogens (primary N) is 1. The summed E-state index contributed by atoms with van der Waals surface area (Å²) in [5.74, 6) is 0.724. The molecule has 0 bridgehead atoms. The molecule has 1 heterocycles. The van der Waals surface area contributed by atoms with Crippen molar-refractivity contribution in [2.24, 2.45) is 11.7 Å². The zero-order chi connectivity index (χ0) is 11.6. The van der Waals surface area contributed by atoms with E-state index in [1.165, 1.54) is 6.42 Å². The lowest BCUT2D eigenvalue weighted by atomic mass is 9.91. The molecule has 3 heteroatoms. The zero-order valence-electron chi connectivity index (χ0n) is 10.4. The van der Waals surface area contributed by atoms with E-state index in [0.29, 0.717) is 18.4 Å². The fourth-order valence-corrected chi connectivity index (χ4v) is 2.05. The first-order valence-corrected chi connectivity index (χ1v) is 5.98. The summed E-state index contributed by atoms with van der Waals surface area (Å²) in [5.41, 5.74) is 5.32. The van der Waals surface area contributed by atoms with E-state index in [1.54, 1.807) is 0 Å². The highest BCUT2D eigenvalue weighted by atomic mass is 16.2. The Morgan fingerprint density at radius 3 is 2.60 bits per heavy atom. The smallest absolute Gasteiger partial charge is 0.242 e. The lowest BCUT2D eigenvalue weighted by molar-refractivity contribution is -0.140. The van der Waals surface area contributed by atoms with Crippen LogP contribution in [-0.4, -0.2) is 28.9 Å². The highest BCUT2D eigenvalue weighted by Gasteiger charge is 2.35. The van der Waals surface area contributed by atoms with Crippen LogP contribution < -0.4 is 5.73 Å². The van der Waals surface area contributed by atoms with Crippen LogP contribution in [0.4, 0.5) is 0 Å². The van der Waals surface area contributed by atoms with Gasteiger partial charge in [0, 0.05) is 12.6 Å². The number of carbonyl (C=O) groups excluding carboxylic acids is 1. The molecule has 1 fully saturated rings. The Hall–Kier alpha value is -0.570.